The predicted molar refractivity (Wildman–Crippen MR) is 142 cm³/mol. The van der Waals surface area contributed by atoms with E-state index in [1.54, 1.807) is 0 Å². The van der Waals surface area contributed by atoms with E-state index in [1.165, 1.54) is 17.3 Å². The number of amides is 1. The van der Waals surface area contributed by atoms with Gasteiger partial charge >= 0.3 is 0 Å². The number of anilines is 1. The summed E-state index contributed by atoms with van der Waals surface area (Å²) in [7, 11) is 0. The summed E-state index contributed by atoms with van der Waals surface area (Å²) >= 11 is 9.93. The maximum atomic E-state index is 12.4. The van der Waals surface area contributed by atoms with Crippen LogP contribution in [-0.2, 0) is 17.8 Å². The SMILES string of the molecule is CCc1ccc(N[C@@H]2NC(=O)/C(=C/c3ccc(OCc4ccccc4Cl)c(I)c3)S2)cc1. The molecule has 2 N–H and O–H groups in total. The third-order valence-electron chi connectivity index (χ3n) is 4.99. The van der Waals surface area contributed by atoms with Crippen LogP contribution in [0.3, 0.4) is 0 Å². The molecule has 164 valence electrons. The van der Waals surface area contributed by atoms with Crippen LogP contribution in [0.15, 0.2) is 71.6 Å². The number of benzene rings is 3. The third kappa shape index (κ3) is 5.79. The minimum absolute atomic E-state index is 0.0771. The minimum atomic E-state index is -0.196. The van der Waals surface area contributed by atoms with Gasteiger partial charge in [-0.15, -0.1) is 0 Å². The summed E-state index contributed by atoms with van der Waals surface area (Å²) in [5.74, 6) is 0.706. The molecule has 1 aliphatic rings. The molecule has 1 aliphatic heterocycles. The summed E-state index contributed by atoms with van der Waals surface area (Å²) in [6, 6.07) is 21.8. The molecular formula is C25H22ClIN2O2S. The second-order valence-corrected chi connectivity index (χ2v) is 9.96. The van der Waals surface area contributed by atoms with E-state index in [-0.39, 0.29) is 11.4 Å². The number of carbonyl (C=O) groups is 1. The van der Waals surface area contributed by atoms with Crippen molar-refractivity contribution >= 4 is 63.6 Å². The summed E-state index contributed by atoms with van der Waals surface area (Å²) in [5, 5.41) is 7.02. The second kappa shape index (κ2) is 10.6. The Kier molecular flexibility index (Phi) is 7.65. The molecule has 0 aromatic heterocycles. The third-order valence-corrected chi connectivity index (χ3v) is 7.23. The Morgan fingerprint density at radius 1 is 1.16 bits per heavy atom. The lowest BCUT2D eigenvalue weighted by Gasteiger charge is -2.13. The number of thioether (sulfide) groups is 1. The predicted octanol–water partition coefficient (Wildman–Crippen LogP) is 6.69. The van der Waals surface area contributed by atoms with Crippen LogP contribution in [0, 0.1) is 3.57 Å². The van der Waals surface area contributed by atoms with Crippen LogP contribution in [-0.4, -0.2) is 11.4 Å². The molecule has 1 fully saturated rings. The first kappa shape index (κ1) is 23.0. The van der Waals surface area contributed by atoms with Crippen molar-refractivity contribution in [3.8, 4) is 5.75 Å². The standard InChI is InChI=1S/C25H22ClIN2O2S/c1-2-16-7-10-19(11-8-16)28-25-29-24(30)23(32-25)14-17-9-12-22(21(27)13-17)31-15-18-5-3-4-6-20(18)26/h3-14,25,28H,2,15H2,1H3,(H,29,30)/b23-14-/t25-/m1/s1. The molecule has 0 radical (unpaired) electrons. The first-order valence-electron chi connectivity index (χ1n) is 10.2. The van der Waals surface area contributed by atoms with Gasteiger partial charge in [-0.3, -0.25) is 4.79 Å². The first-order valence-corrected chi connectivity index (χ1v) is 12.6. The molecule has 1 heterocycles. The zero-order valence-electron chi connectivity index (χ0n) is 17.4. The molecule has 0 unspecified atom stereocenters. The molecule has 3 aromatic rings. The van der Waals surface area contributed by atoms with Gasteiger partial charge < -0.3 is 15.4 Å². The molecule has 1 atom stereocenters. The molecule has 4 rings (SSSR count). The Morgan fingerprint density at radius 2 is 1.94 bits per heavy atom. The highest BCUT2D eigenvalue weighted by Crippen LogP contribution is 2.32. The highest BCUT2D eigenvalue weighted by molar-refractivity contribution is 14.1. The fraction of sp³-hybridized carbons (Fsp3) is 0.160. The Bertz CT molecular complexity index is 1150. The Hall–Kier alpha value is -2.16. The molecule has 0 saturated carbocycles. The molecular weight excluding hydrogens is 555 g/mol. The molecule has 1 amide bonds. The van der Waals surface area contributed by atoms with Crippen molar-refractivity contribution in [2.75, 3.05) is 5.32 Å². The van der Waals surface area contributed by atoms with Crippen LogP contribution >= 0.6 is 46.0 Å². The number of hydrogen-bond donors (Lipinski definition) is 2. The van der Waals surface area contributed by atoms with Gasteiger partial charge in [0.25, 0.3) is 5.91 Å². The van der Waals surface area contributed by atoms with E-state index in [1.807, 2.05) is 60.7 Å². The van der Waals surface area contributed by atoms with E-state index >= 15 is 0 Å². The molecule has 0 aliphatic carbocycles. The van der Waals surface area contributed by atoms with E-state index in [9.17, 15) is 4.79 Å². The van der Waals surface area contributed by atoms with Gasteiger partial charge in [0, 0.05) is 16.3 Å². The number of hydrogen-bond acceptors (Lipinski definition) is 4. The van der Waals surface area contributed by atoms with E-state index in [0.29, 0.717) is 16.5 Å². The van der Waals surface area contributed by atoms with Gasteiger partial charge in [-0.25, -0.2) is 0 Å². The highest BCUT2D eigenvalue weighted by atomic mass is 127. The van der Waals surface area contributed by atoms with Crippen molar-refractivity contribution in [1.82, 2.24) is 5.32 Å². The fourth-order valence-corrected chi connectivity index (χ4v) is 5.07. The number of rotatable bonds is 7. The van der Waals surface area contributed by atoms with Gasteiger partial charge in [0.15, 0.2) is 5.50 Å². The molecule has 4 nitrogen and oxygen atoms in total. The Morgan fingerprint density at radius 3 is 2.66 bits per heavy atom. The summed E-state index contributed by atoms with van der Waals surface area (Å²) in [4.78, 5) is 13.1. The van der Waals surface area contributed by atoms with E-state index in [4.69, 9.17) is 16.3 Å². The van der Waals surface area contributed by atoms with Crippen molar-refractivity contribution in [2.45, 2.75) is 25.4 Å². The van der Waals surface area contributed by atoms with Crippen molar-refractivity contribution in [2.24, 2.45) is 0 Å². The van der Waals surface area contributed by atoms with Crippen molar-refractivity contribution in [1.29, 1.82) is 0 Å². The van der Waals surface area contributed by atoms with Crippen LogP contribution in [0.4, 0.5) is 5.69 Å². The lowest BCUT2D eigenvalue weighted by Crippen LogP contribution is -2.30. The monoisotopic (exact) mass is 576 g/mol. The zero-order valence-corrected chi connectivity index (χ0v) is 21.1. The summed E-state index contributed by atoms with van der Waals surface area (Å²) < 4.78 is 6.91. The number of ether oxygens (including phenoxy) is 1. The van der Waals surface area contributed by atoms with E-state index in [2.05, 4.69) is 52.3 Å². The molecule has 0 bridgehead atoms. The number of halogens is 2. The normalized spacial score (nSPS) is 16.8. The van der Waals surface area contributed by atoms with Crippen LogP contribution in [0.25, 0.3) is 6.08 Å². The Labute approximate surface area is 210 Å². The average Bonchev–Trinajstić information content (AvgIpc) is 3.13. The van der Waals surface area contributed by atoms with E-state index < -0.39 is 0 Å². The van der Waals surface area contributed by atoms with E-state index in [0.717, 1.165) is 32.6 Å². The van der Waals surface area contributed by atoms with Crippen molar-refractivity contribution in [3.05, 3.63) is 96.9 Å². The average molecular weight is 577 g/mol. The topological polar surface area (TPSA) is 50.4 Å². The van der Waals surface area contributed by atoms with Crippen LogP contribution in [0.5, 0.6) is 5.75 Å². The lowest BCUT2D eigenvalue weighted by atomic mass is 10.1. The van der Waals surface area contributed by atoms with Gasteiger partial charge in [-0.2, -0.15) is 0 Å². The summed E-state index contributed by atoms with van der Waals surface area (Å²) in [6.07, 6.45) is 2.91. The van der Waals surface area contributed by atoms with Crippen LogP contribution < -0.4 is 15.4 Å². The quantitative estimate of drug-likeness (QED) is 0.243. The lowest BCUT2D eigenvalue weighted by molar-refractivity contribution is -0.116. The molecule has 0 spiro atoms. The molecule has 32 heavy (non-hydrogen) atoms. The van der Waals surface area contributed by atoms with Gasteiger partial charge in [-0.05, 0) is 76.5 Å². The van der Waals surface area contributed by atoms with Gasteiger partial charge in [0.2, 0.25) is 0 Å². The fourth-order valence-electron chi connectivity index (χ4n) is 3.20. The molecule has 1 saturated heterocycles. The smallest absolute Gasteiger partial charge is 0.260 e. The van der Waals surface area contributed by atoms with Gasteiger partial charge in [-0.1, -0.05) is 66.7 Å². The van der Waals surface area contributed by atoms with Gasteiger partial charge in [0.1, 0.15) is 12.4 Å². The number of carbonyl (C=O) groups excluding carboxylic acids is 1. The number of aryl methyl sites for hydroxylation is 1. The molecule has 7 heteroatoms. The maximum absolute atomic E-state index is 12.4. The summed E-state index contributed by atoms with van der Waals surface area (Å²) in [5.41, 5.74) is 3.96. The van der Waals surface area contributed by atoms with Crippen LogP contribution in [0.2, 0.25) is 5.02 Å². The zero-order chi connectivity index (χ0) is 22.5. The molecule has 3 aromatic carbocycles. The second-order valence-electron chi connectivity index (χ2n) is 7.24. The summed E-state index contributed by atoms with van der Waals surface area (Å²) in [6.45, 7) is 2.53. The first-order chi connectivity index (χ1) is 15.5. The van der Waals surface area contributed by atoms with Gasteiger partial charge in [0.05, 0.1) is 8.48 Å². The maximum Gasteiger partial charge on any atom is 0.260 e. The largest absolute Gasteiger partial charge is 0.488 e. The minimum Gasteiger partial charge on any atom is -0.488 e. The number of nitrogens with one attached hydrogen (secondary N) is 2. The van der Waals surface area contributed by atoms with Crippen molar-refractivity contribution < 1.29 is 9.53 Å². The van der Waals surface area contributed by atoms with Crippen molar-refractivity contribution in [3.63, 3.8) is 0 Å². The Balaban J connectivity index is 1.40. The highest BCUT2D eigenvalue weighted by Gasteiger charge is 2.27. The van der Waals surface area contributed by atoms with Crippen LogP contribution in [0.1, 0.15) is 23.6 Å².